The number of hydrogen-bond acceptors (Lipinski definition) is 6. The van der Waals surface area contributed by atoms with Crippen LogP contribution in [0.4, 0.5) is 5.69 Å². The van der Waals surface area contributed by atoms with Crippen molar-refractivity contribution < 1.29 is 24.1 Å². The van der Waals surface area contributed by atoms with E-state index in [1.807, 2.05) is 0 Å². The van der Waals surface area contributed by atoms with Crippen molar-refractivity contribution in [3.8, 4) is 5.88 Å². The molecule has 7 heteroatoms. The summed E-state index contributed by atoms with van der Waals surface area (Å²) in [5, 5.41) is 9.05. The molecule has 1 N–H and O–H groups in total. The number of rotatable bonds is 6. The normalized spacial score (nSPS) is 19.0. The molecule has 0 amide bonds. The quantitative estimate of drug-likeness (QED) is 0.824. The zero-order chi connectivity index (χ0) is 14.8. The molecule has 0 bridgehead atoms. The number of carbonyl (C=O) groups is 1. The summed E-state index contributed by atoms with van der Waals surface area (Å²) in [6, 6.07) is 3.24. The van der Waals surface area contributed by atoms with Crippen LogP contribution in [0, 0.1) is 5.92 Å². The maximum Gasteiger partial charge on any atom is 0.354 e. The van der Waals surface area contributed by atoms with Crippen molar-refractivity contribution in [3.63, 3.8) is 0 Å². The first kappa shape index (κ1) is 14.1. The van der Waals surface area contributed by atoms with Crippen LogP contribution in [0.3, 0.4) is 0 Å². The van der Waals surface area contributed by atoms with Gasteiger partial charge in [-0.2, -0.15) is 0 Å². The lowest BCUT2D eigenvalue weighted by atomic mass is 10.1. The van der Waals surface area contributed by atoms with Gasteiger partial charge in [0.1, 0.15) is 5.69 Å². The van der Waals surface area contributed by atoms with E-state index in [4.69, 9.17) is 19.3 Å². The zero-order valence-corrected chi connectivity index (χ0v) is 11.8. The molecule has 114 valence electrons. The van der Waals surface area contributed by atoms with Gasteiger partial charge >= 0.3 is 5.97 Å². The first-order valence-electron chi connectivity index (χ1n) is 6.90. The minimum absolute atomic E-state index is 0.0116. The van der Waals surface area contributed by atoms with Gasteiger partial charge in [0.05, 0.1) is 25.9 Å². The number of hydrogen-bond donors (Lipinski definition) is 1. The minimum Gasteiger partial charge on any atom is -0.477 e. The van der Waals surface area contributed by atoms with E-state index in [9.17, 15) is 4.79 Å². The summed E-state index contributed by atoms with van der Waals surface area (Å²) in [4.78, 5) is 17.2. The largest absolute Gasteiger partial charge is 0.477 e. The lowest BCUT2D eigenvalue weighted by molar-refractivity contribution is -0.0514. The zero-order valence-electron chi connectivity index (χ0n) is 11.8. The van der Waals surface area contributed by atoms with Gasteiger partial charge in [-0.3, -0.25) is 0 Å². The summed E-state index contributed by atoms with van der Waals surface area (Å²) < 4.78 is 16.1. The summed E-state index contributed by atoms with van der Waals surface area (Å²) in [7, 11) is 1.68. The second-order valence-electron chi connectivity index (χ2n) is 5.30. The van der Waals surface area contributed by atoms with Crippen molar-refractivity contribution in [1.82, 2.24) is 4.98 Å². The SMILES string of the molecule is COC1CN(c2ccc(C(=O)O)nc2OCC2COC2)C1. The standard InChI is InChI=1S/C14H18N2O5/c1-19-10-4-16(5-10)12-3-2-11(14(17)18)15-13(12)21-8-9-6-20-7-9/h2-3,9-10H,4-8H2,1H3,(H,17,18). The Bertz CT molecular complexity index is 526. The average molecular weight is 294 g/mol. The fraction of sp³-hybridized carbons (Fsp3) is 0.571. The van der Waals surface area contributed by atoms with Crippen LogP contribution >= 0.6 is 0 Å². The Hall–Kier alpha value is -1.86. The molecule has 0 radical (unpaired) electrons. The van der Waals surface area contributed by atoms with Crippen LogP contribution in [-0.4, -0.2) is 62.2 Å². The smallest absolute Gasteiger partial charge is 0.354 e. The fourth-order valence-electron chi connectivity index (χ4n) is 2.26. The van der Waals surface area contributed by atoms with E-state index in [1.165, 1.54) is 6.07 Å². The van der Waals surface area contributed by atoms with Gasteiger partial charge < -0.3 is 24.2 Å². The number of methoxy groups -OCH3 is 1. The predicted octanol–water partition coefficient (Wildman–Crippen LogP) is 0.640. The molecular formula is C14H18N2O5. The van der Waals surface area contributed by atoms with E-state index < -0.39 is 5.97 Å². The highest BCUT2D eigenvalue weighted by atomic mass is 16.5. The molecule has 2 aliphatic heterocycles. The Kier molecular flexibility index (Phi) is 3.94. The highest BCUT2D eigenvalue weighted by Crippen LogP contribution is 2.31. The van der Waals surface area contributed by atoms with Crippen molar-refractivity contribution in [2.24, 2.45) is 5.92 Å². The number of nitrogens with zero attached hydrogens (tertiary/aromatic N) is 2. The molecule has 2 saturated heterocycles. The van der Waals surface area contributed by atoms with Crippen LogP contribution in [0.1, 0.15) is 10.5 Å². The van der Waals surface area contributed by atoms with Crippen molar-refractivity contribution in [2.45, 2.75) is 6.10 Å². The summed E-state index contributed by atoms with van der Waals surface area (Å²) in [6.45, 7) is 3.37. The Labute approximate surface area is 122 Å². The maximum absolute atomic E-state index is 11.1. The second kappa shape index (κ2) is 5.87. The first-order chi connectivity index (χ1) is 10.2. The van der Waals surface area contributed by atoms with Crippen molar-refractivity contribution in [1.29, 1.82) is 0 Å². The number of carboxylic acids is 1. The van der Waals surface area contributed by atoms with Crippen LogP contribution in [0.25, 0.3) is 0 Å². The van der Waals surface area contributed by atoms with Gasteiger partial charge in [0.2, 0.25) is 5.88 Å². The Morgan fingerprint density at radius 1 is 1.48 bits per heavy atom. The molecule has 3 heterocycles. The molecule has 0 aliphatic carbocycles. The molecule has 2 aliphatic rings. The van der Waals surface area contributed by atoms with Crippen LogP contribution < -0.4 is 9.64 Å². The van der Waals surface area contributed by atoms with Crippen molar-refractivity contribution >= 4 is 11.7 Å². The Balaban J connectivity index is 1.74. The summed E-state index contributed by atoms with van der Waals surface area (Å²) in [5.41, 5.74) is 0.802. The molecule has 2 fully saturated rings. The van der Waals surface area contributed by atoms with E-state index >= 15 is 0 Å². The number of aromatic carboxylic acids is 1. The third kappa shape index (κ3) is 2.93. The molecule has 7 nitrogen and oxygen atoms in total. The minimum atomic E-state index is -1.06. The molecular weight excluding hydrogens is 276 g/mol. The highest BCUT2D eigenvalue weighted by molar-refractivity contribution is 5.86. The monoisotopic (exact) mass is 294 g/mol. The number of pyridine rings is 1. The number of carboxylic acid groups (broad SMARTS) is 1. The molecule has 3 rings (SSSR count). The molecule has 1 aromatic heterocycles. The molecule has 0 unspecified atom stereocenters. The first-order valence-corrected chi connectivity index (χ1v) is 6.90. The summed E-state index contributed by atoms with van der Waals surface area (Å²) in [6.07, 6.45) is 0.206. The highest BCUT2D eigenvalue weighted by Gasteiger charge is 2.30. The average Bonchev–Trinajstić information content (AvgIpc) is 2.36. The van der Waals surface area contributed by atoms with Crippen LogP contribution in [-0.2, 0) is 9.47 Å². The number of ether oxygens (including phenoxy) is 3. The van der Waals surface area contributed by atoms with E-state index in [2.05, 4.69) is 9.88 Å². The Morgan fingerprint density at radius 2 is 2.24 bits per heavy atom. The molecule has 1 aromatic rings. The van der Waals surface area contributed by atoms with Gasteiger partial charge in [-0.1, -0.05) is 0 Å². The van der Waals surface area contributed by atoms with Crippen molar-refractivity contribution in [3.05, 3.63) is 17.8 Å². The van der Waals surface area contributed by atoms with E-state index in [0.29, 0.717) is 31.6 Å². The third-order valence-corrected chi connectivity index (χ3v) is 3.74. The molecule has 0 atom stereocenters. The van der Waals surface area contributed by atoms with Crippen LogP contribution in [0.2, 0.25) is 0 Å². The van der Waals surface area contributed by atoms with E-state index in [-0.39, 0.29) is 11.8 Å². The van der Waals surface area contributed by atoms with Gasteiger partial charge in [-0.15, -0.1) is 0 Å². The maximum atomic E-state index is 11.1. The van der Waals surface area contributed by atoms with Gasteiger partial charge in [0.25, 0.3) is 0 Å². The second-order valence-corrected chi connectivity index (χ2v) is 5.30. The van der Waals surface area contributed by atoms with E-state index in [1.54, 1.807) is 13.2 Å². The lowest BCUT2D eigenvalue weighted by Crippen LogP contribution is -2.52. The fourth-order valence-corrected chi connectivity index (χ4v) is 2.26. The molecule has 0 spiro atoms. The van der Waals surface area contributed by atoms with Crippen molar-refractivity contribution in [2.75, 3.05) is 44.9 Å². The summed E-state index contributed by atoms with van der Waals surface area (Å²) >= 11 is 0. The van der Waals surface area contributed by atoms with Crippen LogP contribution in [0.5, 0.6) is 5.88 Å². The molecule has 21 heavy (non-hydrogen) atoms. The number of anilines is 1. The van der Waals surface area contributed by atoms with Crippen LogP contribution in [0.15, 0.2) is 12.1 Å². The van der Waals surface area contributed by atoms with Gasteiger partial charge in [-0.05, 0) is 12.1 Å². The topological polar surface area (TPSA) is 81.1 Å². The van der Waals surface area contributed by atoms with Gasteiger partial charge in [0, 0.05) is 26.1 Å². The van der Waals surface area contributed by atoms with E-state index in [0.717, 1.165) is 18.8 Å². The van der Waals surface area contributed by atoms with Gasteiger partial charge in [0.15, 0.2) is 5.69 Å². The molecule has 0 saturated carbocycles. The predicted molar refractivity (Wildman–Crippen MR) is 74.0 cm³/mol. The third-order valence-electron chi connectivity index (χ3n) is 3.74. The van der Waals surface area contributed by atoms with Gasteiger partial charge in [-0.25, -0.2) is 9.78 Å². The summed E-state index contributed by atoms with van der Waals surface area (Å²) in [5.74, 6) is -0.329. The lowest BCUT2D eigenvalue weighted by Gasteiger charge is -2.40. The number of aromatic nitrogens is 1. The Morgan fingerprint density at radius 3 is 2.81 bits per heavy atom. The molecule has 0 aromatic carbocycles.